The molecule has 3 aromatic rings. The maximum Gasteiger partial charge on any atom is 0.123 e. The minimum absolute atomic E-state index is 0.839. The summed E-state index contributed by atoms with van der Waals surface area (Å²) in [5.41, 5.74) is 3.31. The van der Waals surface area contributed by atoms with Gasteiger partial charge >= 0.3 is 0 Å². The van der Waals surface area contributed by atoms with E-state index in [9.17, 15) is 0 Å². The smallest absolute Gasteiger partial charge is 0.123 e. The highest BCUT2D eigenvalue weighted by Gasteiger charge is 2.21. The lowest BCUT2D eigenvalue weighted by molar-refractivity contribution is 0.411. The SMILES string of the molecule is COc1cccc([C](c2ccccc2)c2ccccc2OC)c1. The Kier molecular flexibility index (Phi) is 4.62. The van der Waals surface area contributed by atoms with Crippen molar-refractivity contribution >= 4 is 0 Å². The lowest BCUT2D eigenvalue weighted by atomic mass is 9.84. The monoisotopic (exact) mass is 303 g/mol. The fourth-order valence-electron chi connectivity index (χ4n) is 2.71. The van der Waals surface area contributed by atoms with E-state index in [1.54, 1.807) is 14.2 Å². The van der Waals surface area contributed by atoms with Crippen LogP contribution in [0.15, 0.2) is 78.9 Å². The van der Waals surface area contributed by atoms with E-state index >= 15 is 0 Å². The molecule has 0 atom stereocenters. The highest BCUT2D eigenvalue weighted by Crippen LogP contribution is 2.37. The van der Waals surface area contributed by atoms with Crippen LogP contribution in [0.25, 0.3) is 0 Å². The first-order valence-corrected chi connectivity index (χ1v) is 7.53. The van der Waals surface area contributed by atoms with Crippen LogP contribution in [0.1, 0.15) is 16.7 Å². The number of hydrogen-bond donors (Lipinski definition) is 0. The van der Waals surface area contributed by atoms with Crippen molar-refractivity contribution in [2.45, 2.75) is 0 Å². The molecular formula is C21H19O2. The Bertz CT molecular complexity index is 766. The van der Waals surface area contributed by atoms with E-state index in [4.69, 9.17) is 9.47 Å². The first-order chi connectivity index (χ1) is 11.3. The van der Waals surface area contributed by atoms with Crippen molar-refractivity contribution in [2.75, 3.05) is 14.2 Å². The van der Waals surface area contributed by atoms with Gasteiger partial charge in [-0.2, -0.15) is 0 Å². The number of ether oxygens (including phenoxy) is 2. The molecule has 0 aliphatic carbocycles. The van der Waals surface area contributed by atoms with Crippen LogP contribution in [0, 0.1) is 5.92 Å². The molecule has 0 saturated carbocycles. The largest absolute Gasteiger partial charge is 0.497 e. The fraction of sp³-hybridized carbons (Fsp3) is 0.0952. The molecule has 0 heterocycles. The summed E-state index contributed by atoms with van der Waals surface area (Å²) < 4.78 is 11.0. The molecule has 3 aromatic carbocycles. The van der Waals surface area contributed by atoms with Crippen LogP contribution < -0.4 is 9.47 Å². The molecule has 0 aromatic heterocycles. The van der Waals surface area contributed by atoms with Gasteiger partial charge in [0.05, 0.1) is 20.1 Å². The van der Waals surface area contributed by atoms with E-state index in [1.807, 2.05) is 48.5 Å². The number of methoxy groups -OCH3 is 2. The molecule has 3 rings (SSSR count). The maximum absolute atomic E-state index is 5.57. The Morgan fingerprint density at radius 1 is 0.652 bits per heavy atom. The van der Waals surface area contributed by atoms with Gasteiger partial charge in [-0.15, -0.1) is 0 Å². The zero-order chi connectivity index (χ0) is 16.1. The van der Waals surface area contributed by atoms with Crippen LogP contribution in [0.2, 0.25) is 0 Å². The Hall–Kier alpha value is -2.74. The fourth-order valence-corrected chi connectivity index (χ4v) is 2.71. The molecule has 115 valence electrons. The van der Waals surface area contributed by atoms with Crippen molar-refractivity contribution in [3.63, 3.8) is 0 Å². The lowest BCUT2D eigenvalue weighted by Gasteiger charge is -2.20. The summed E-state index contributed by atoms with van der Waals surface area (Å²) in [5, 5.41) is 0. The third-order valence-electron chi connectivity index (χ3n) is 3.80. The number of benzene rings is 3. The molecule has 0 unspecified atom stereocenters. The van der Waals surface area contributed by atoms with Gasteiger partial charge in [0.25, 0.3) is 0 Å². The van der Waals surface area contributed by atoms with E-state index < -0.39 is 0 Å². The van der Waals surface area contributed by atoms with E-state index in [-0.39, 0.29) is 0 Å². The van der Waals surface area contributed by atoms with Crippen LogP contribution in [0.3, 0.4) is 0 Å². The summed E-state index contributed by atoms with van der Waals surface area (Å²) in [5.74, 6) is 2.82. The van der Waals surface area contributed by atoms with E-state index in [1.165, 1.54) is 0 Å². The van der Waals surface area contributed by atoms with Gasteiger partial charge in [-0.3, -0.25) is 0 Å². The molecule has 0 amide bonds. The van der Waals surface area contributed by atoms with Crippen molar-refractivity contribution in [3.8, 4) is 11.5 Å². The summed E-state index contributed by atoms with van der Waals surface area (Å²) >= 11 is 0. The summed E-state index contributed by atoms with van der Waals surface area (Å²) in [6.07, 6.45) is 0. The van der Waals surface area contributed by atoms with Crippen molar-refractivity contribution in [2.24, 2.45) is 0 Å². The standard InChI is InChI=1S/C21H19O2/c1-22-18-12-8-11-17(15-18)21(16-9-4-3-5-10-16)19-13-6-7-14-20(19)23-2/h3-15H,1-2H3. The summed E-state index contributed by atoms with van der Waals surface area (Å²) in [6, 6.07) is 26.5. The van der Waals surface area contributed by atoms with Crippen LogP contribution in [0.5, 0.6) is 11.5 Å². The number of para-hydroxylation sites is 1. The second kappa shape index (κ2) is 7.01. The van der Waals surface area contributed by atoms with Gasteiger partial charge in [-0.1, -0.05) is 60.7 Å². The molecule has 0 aliphatic rings. The second-order valence-corrected chi connectivity index (χ2v) is 5.17. The molecule has 0 fully saturated rings. The first kappa shape index (κ1) is 15.2. The van der Waals surface area contributed by atoms with Crippen molar-refractivity contribution in [1.29, 1.82) is 0 Å². The molecule has 23 heavy (non-hydrogen) atoms. The van der Waals surface area contributed by atoms with E-state index in [2.05, 4.69) is 30.3 Å². The molecule has 0 saturated heterocycles. The third-order valence-corrected chi connectivity index (χ3v) is 3.80. The van der Waals surface area contributed by atoms with E-state index in [0.29, 0.717) is 0 Å². The van der Waals surface area contributed by atoms with Gasteiger partial charge in [0.2, 0.25) is 0 Å². The molecule has 0 aliphatic heterocycles. The molecule has 1 radical (unpaired) electrons. The first-order valence-electron chi connectivity index (χ1n) is 7.53. The van der Waals surface area contributed by atoms with Crippen molar-refractivity contribution in [1.82, 2.24) is 0 Å². The molecule has 0 bridgehead atoms. The average Bonchev–Trinajstić information content (AvgIpc) is 2.63. The average molecular weight is 303 g/mol. The van der Waals surface area contributed by atoms with Gasteiger partial charge in [-0.25, -0.2) is 0 Å². The van der Waals surface area contributed by atoms with Gasteiger partial charge in [-0.05, 0) is 29.3 Å². The topological polar surface area (TPSA) is 18.5 Å². The molecular weight excluding hydrogens is 284 g/mol. The maximum atomic E-state index is 5.57. The Balaban J connectivity index is 2.18. The quantitative estimate of drug-likeness (QED) is 0.635. The molecule has 0 spiro atoms. The predicted octanol–water partition coefficient (Wildman–Crippen LogP) is 4.72. The van der Waals surface area contributed by atoms with Crippen molar-refractivity contribution in [3.05, 3.63) is 101 Å². The Morgan fingerprint density at radius 2 is 1.35 bits per heavy atom. The summed E-state index contributed by atoms with van der Waals surface area (Å²) in [7, 11) is 3.39. The highest BCUT2D eigenvalue weighted by atomic mass is 16.5. The Labute approximate surface area is 137 Å². The van der Waals surface area contributed by atoms with Gasteiger partial charge < -0.3 is 9.47 Å². The van der Waals surface area contributed by atoms with Gasteiger partial charge in [0.15, 0.2) is 0 Å². The minimum Gasteiger partial charge on any atom is -0.497 e. The van der Waals surface area contributed by atoms with Crippen LogP contribution in [0.4, 0.5) is 0 Å². The van der Waals surface area contributed by atoms with Crippen molar-refractivity contribution < 1.29 is 9.47 Å². The second-order valence-electron chi connectivity index (χ2n) is 5.17. The van der Waals surface area contributed by atoms with Crippen LogP contribution >= 0.6 is 0 Å². The molecule has 2 heteroatoms. The zero-order valence-electron chi connectivity index (χ0n) is 13.3. The highest BCUT2D eigenvalue weighted by molar-refractivity contribution is 5.62. The number of rotatable bonds is 5. The lowest BCUT2D eigenvalue weighted by Crippen LogP contribution is -2.06. The van der Waals surface area contributed by atoms with Crippen LogP contribution in [-0.4, -0.2) is 14.2 Å². The summed E-state index contributed by atoms with van der Waals surface area (Å²) in [6.45, 7) is 0. The molecule has 2 nitrogen and oxygen atoms in total. The summed E-state index contributed by atoms with van der Waals surface area (Å²) in [4.78, 5) is 0. The molecule has 0 N–H and O–H groups in total. The van der Waals surface area contributed by atoms with Crippen LogP contribution in [-0.2, 0) is 0 Å². The van der Waals surface area contributed by atoms with E-state index in [0.717, 1.165) is 34.1 Å². The van der Waals surface area contributed by atoms with Gasteiger partial charge in [0.1, 0.15) is 11.5 Å². The van der Waals surface area contributed by atoms with Gasteiger partial charge in [0, 0.05) is 5.56 Å². The zero-order valence-corrected chi connectivity index (χ0v) is 13.3. The Morgan fingerprint density at radius 3 is 2.09 bits per heavy atom. The number of hydrogen-bond acceptors (Lipinski definition) is 2. The normalized spacial score (nSPS) is 10.6. The third kappa shape index (κ3) is 3.21. The minimum atomic E-state index is 0.839. The predicted molar refractivity (Wildman–Crippen MR) is 93.0 cm³/mol.